The van der Waals surface area contributed by atoms with Crippen molar-refractivity contribution in [1.29, 1.82) is 0 Å². The van der Waals surface area contributed by atoms with Crippen molar-refractivity contribution in [3.63, 3.8) is 0 Å². The second-order valence-corrected chi connectivity index (χ2v) is 7.17. The molecule has 1 amide bonds. The molecule has 0 radical (unpaired) electrons. The first-order valence-electron chi connectivity index (χ1n) is 8.61. The summed E-state index contributed by atoms with van der Waals surface area (Å²) in [7, 11) is 0. The average molecular weight is 331 g/mol. The number of nitrogens with one attached hydrogen (secondary N) is 1. The van der Waals surface area contributed by atoms with Crippen molar-refractivity contribution in [1.82, 2.24) is 15.5 Å². The Kier molecular flexibility index (Phi) is 4.34. The quantitative estimate of drug-likeness (QED) is 0.849. The zero-order valence-corrected chi connectivity index (χ0v) is 14.7. The molecule has 6 heteroatoms. The highest BCUT2D eigenvalue weighted by atomic mass is 16.5. The number of carbonyl (C=O) groups is 1. The van der Waals surface area contributed by atoms with E-state index in [4.69, 9.17) is 4.52 Å². The fraction of sp³-hybridized carbons (Fsp3) is 0.611. The zero-order chi connectivity index (χ0) is 17.5. The Morgan fingerprint density at radius 2 is 2.25 bits per heavy atom. The summed E-state index contributed by atoms with van der Waals surface area (Å²) in [5, 5.41) is 18.0. The fourth-order valence-electron chi connectivity index (χ4n) is 2.85. The van der Waals surface area contributed by atoms with Crippen LogP contribution in [0.25, 0.3) is 11.1 Å². The van der Waals surface area contributed by atoms with Gasteiger partial charge < -0.3 is 14.9 Å². The highest BCUT2D eigenvalue weighted by molar-refractivity contribution is 6.06. The Morgan fingerprint density at radius 3 is 2.88 bits per heavy atom. The first-order valence-corrected chi connectivity index (χ1v) is 8.61. The molecule has 0 aliphatic heterocycles. The normalized spacial score (nSPS) is 18.4. The predicted octanol–water partition coefficient (Wildman–Crippen LogP) is 2.94. The van der Waals surface area contributed by atoms with Crippen LogP contribution in [0.5, 0.6) is 0 Å². The van der Waals surface area contributed by atoms with Crippen LogP contribution in [-0.4, -0.2) is 33.3 Å². The molecule has 1 aliphatic rings. The number of aliphatic hydroxyl groups is 1. The van der Waals surface area contributed by atoms with E-state index in [9.17, 15) is 9.90 Å². The Balaban J connectivity index is 1.87. The van der Waals surface area contributed by atoms with E-state index in [0.717, 1.165) is 25.0 Å². The minimum Gasteiger partial charge on any atom is -0.388 e. The monoisotopic (exact) mass is 331 g/mol. The maximum atomic E-state index is 12.7. The molecule has 24 heavy (non-hydrogen) atoms. The van der Waals surface area contributed by atoms with Crippen LogP contribution in [0.15, 0.2) is 10.6 Å². The van der Waals surface area contributed by atoms with Gasteiger partial charge in [-0.2, -0.15) is 0 Å². The average Bonchev–Trinajstić information content (AvgIpc) is 3.35. The summed E-state index contributed by atoms with van der Waals surface area (Å²) >= 11 is 0. The maximum absolute atomic E-state index is 12.7. The molecule has 0 spiro atoms. The standard InChI is InChI=1S/C18H25N3O3/c1-5-10(2)18(4,23)9-19-16(22)13-8-14(12-6-7-12)20-17-15(13)11(3)21-24-17/h8,10,12,23H,5-7,9H2,1-4H3,(H,19,22). The fourth-order valence-corrected chi connectivity index (χ4v) is 2.85. The third-order valence-electron chi connectivity index (χ3n) is 5.16. The van der Waals surface area contributed by atoms with Crippen molar-refractivity contribution in [2.75, 3.05) is 6.54 Å². The lowest BCUT2D eigenvalue weighted by atomic mass is 9.88. The number of carbonyl (C=O) groups excluding carboxylic acids is 1. The van der Waals surface area contributed by atoms with Crippen LogP contribution in [0, 0.1) is 12.8 Å². The van der Waals surface area contributed by atoms with E-state index < -0.39 is 5.60 Å². The molecule has 2 aromatic heterocycles. The van der Waals surface area contributed by atoms with E-state index in [0.29, 0.717) is 28.3 Å². The summed E-state index contributed by atoms with van der Waals surface area (Å²) in [6, 6.07) is 1.84. The Hall–Kier alpha value is -1.95. The first-order chi connectivity index (χ1) is 11.3. The van der Waals surface area contributed by atoms with Gasteiger partial charge in [-0.25, -0.2) is 4.98 Å². The minimum absolute atomic E-state index is 0.0922. The molecule has 2 heterocycles. The number of hydrogen-bond acceptors (Lipinski definition) is 5. The lowest BCUT2D eigenvalue weighted by Crippen LogP contribution is -2.45. The number of aryl methyl sites for hydroxylation is 1. The van der Waals surface area contributed by atoms with Crippen LogP contribution in [0.3, 0.4) is 0 Å². The summed E-state index contributed by atoms with van der Waals surface area (Å²) in [5.41, 5.74) is 1.53. The molecular formula is C18H25N3O3. The largest absolute Gasteiger partial charge is 0.388 e. The van der Waals surface area contributed by atoms with Gasteiger partial charge in [0.05, 0.1) is 22.2 Å². The van der Waals surface area contributed by atoms with Crippen LogP contribution in [0.4, 0.5) is 0 Å². The smallest absolute Gasteiger partial charge is 0.259 e. The number of pyridine rings is 1. The predicted molar refractivity (Wildman–Crippen MR) is 90.9 cm³/mol. The topological polar surface area (TPSA) is 88.2 Å². The molecule has 1 fully saturated rings. The molecule has 2 aromatic rings. The van der Waals surface area contributed by atoms with E-state index in [1.165, 1.54) is 0 Å². The molecule has 0 aromatic carbocycles. The third-order valence-corrected chi connectivity index (χ3v) is 5.16. The summed E-state index contributed by atoms with van der Waals surface area (Å²) < 4.78 is 5.27. The van der Waals surface area contributed by atoms with Gasteiger partial charge in [-0.15, -0.1) is 0 Å². The zero-order valence-electron chi connectivity index (χ0n) is 14.7. The van der Waals surface area contributed by atoms with Gasteiger partial charge in [0.2, 0.25) is 0 Å². The number of fused-ring (bicyclic) bond motifs is 1. The summed E-state index contributed by atoms with van der Waals surface area (Å²) in [6.45, 7) is 7.76. The van der Waals surface area contributed by atoms with E-state index in [1.54, 1.807) is 13.8 Å². The van der Waals surface area contributed by atoms with Crippen LogP contribution in [0.1, 0.15) is 67.7 Å². The summed E-state index contributed by atoms with van der Waals surface area (Å²) in [6.07, 6.45) is 3.03. The van der Waals surface area contributed by atoms with Crippen molar-refractivity contribution in [3.8, 4) is 0 Å². The lowest BCUT2D eigenvalue weighted by Gasteiger charge is -2.29. The lowest BCUT2D eigenvalue weighted by molar-refractivity contribution is 0.00594. The van der Waals surface area contributed by atoms with Gasteiger partial charge in [0.1, 0.15) is 0 Å². The van der Waals surface area contributed by atoms with Gasteiger partial charge in [-0.05, 0) is 38.7 Å². The second-order valence-electron chi connectivity index (χ2n) is 7.17. The van der Waals surface area contributed by atoms with Crippen molar-refractivity contribution in [2.45, 2.75) is 58.5 Å². The number of rotatable bonds is 6. The van der Waals surface area contributed by atoms with Gasteiger partial charge in [0.15, 0.2) is 0 Å². The van der Waals surface area contributed by atoms with Gasteiger partial charge in [-0.3, -0.25) is 4.79 Å². The van der Waals surface area contributed by atoms with E-state index in [2.05, 4.69) is 15.5 Å². The minimum atomic E-state index is -0.945. The molecule has 1 aliphatic carbocycles. The van der Waals surface area contributed by atoms with Crippen molar-refractivity contribution in [2.24, 2.45) is 5.92 Å². The third kappa shape index (κ3) is 3.15. The summed E-state index contributed by atoms with van der Waals surface area (Å²) in [4.78, 5) is 17.2. The molecule has 2 unspecified atom stereocenters. The van der Waals surface area contributed by atoms with E-state index in [-0.39, 0.29) is 18.4 Å². The van der Waals surface area contributed by atoms with Crippen molar-refractivity contribution >= 4 is 17.0 Å². The van der Waals surface area contributed by atoms with E-state index >= 15 is 0 Å². The number of nitrogens with zero attached hydrogens (tertiary/aromatic N) is 2. The van der Waals surface area contributed by atoms with Crippen LogP contribution in [0.2, 0.25) is 0 Å². The highest BCUT2D eigenvalue weighted by Crippen LogP contribution is 2.40. The SMILES string of the molecule is CCC(C)C(C)(O)CNC(=O)c1cc(C2CC2)nc2onc(C)c12. The van der Waals surface area contributed by atoms with Crippen LogP contribution >= 0.6 is 0 Å². The molecule has 3 rings (SSSR count). The number of amides is 1. The molecular weight excluding hydrogens is 306 g/mol. The van der Waals surface area contributed by atoms with Crippen molar-refractivity contribution < 1.29 is 14.4 Å². The molecule has 2 N–H and O–H groups in total. The number of hydrogen-bond donors (Lipinski definition) is 2. The molecule has 130 valence electrons. The maximum Gasteiger partial charge on any atom is 0.259 e. The summed E-state index contributed by atoms with van der Waals surface area (Å²) in [5.74, 6) is 0.281. The molecule has 0 bridgehead atoms. The van der Waals surface area contributed by atoms with Crippen LogP contribution < -0.4 is 5.32 Å². The Morgan fingerprint density at radius 1 is 1.54 bits per heavy atom. The molecule has 2 atom stereocenters. The van der Waals surface area contributed by atoms with Gasteiger partial charge in [-0.1, -0.05) is 25.4 Å². The van der Waals surface area contributed by atoms with Gasteiger partial charge in [0.25, 0.3) is 11.6 Å². The molecule has 6 nitrogen and oxygen atoms in total. The van der Waals surface area contributed by atoms with Crippen LogP contribution in [-0.2, 0) is 0 Å². The highest BCUT2D eigenvalue weighted by Gasteiger charge is 2.30. The first kappa shape index (κ1) is 16.9. The van der Waals surface area contributed by atoms with Crippen molar-refractivity contribution in [3.05, 3.63) is 23.0 Å². The Bertz CT molecular complexity index is 762. The second kappa shape index (κ2) is 6.16. The van der Waals surface area contributed by atoms with Gasteiger partial charge in [0, 0.05) is 18.2 Å². The van der Waals surface area contributed by atoms with Gasteiger partial charge >= 0.3 is 0 Å². The molecule has 0 saturated heterocycles. The number of aromatic nitrogens is 2. The van der Waals surface area contributed by atoms with E-state index in [1.807, 2.05) is 19.9 Å². The molecule has 1 saturated carbocycles. The Labute approximate surface area is 141 Å².